The number of aryl methyl sites for hydroxylation is 1. The molecular weight excluding hydrogens is 224 g/mol. The third-order valence-corrected chi connectivity index (χ3v) is 3.71. The Kier molecular flexibility index (Phi) is 4.65. The Morgan fingerprint density at radius 3 is 2.44 bits per heavy atom. The molecule has 18 heavy (non-hydrogen) atoms. The van der Waals surface area contributed by atoms with Crippen LogP contribution in [0.2, 0.25) is 0 Å². The Bertz CT molecular complexity index is 377. The van der Waals surface area contributed by atoms with Crippen molar-refractivity contribution in [1.82, 2.24) is 0 Å². The minimum absolute atomic E-state index is 0.326. The molecule has 2 rings (SSSR count). The van der Waals surface area contributed by atoms with Gasteiger partial charge in [-0.1, -0.05) is 25.0 Å². The first-order chi connectivity index (χ1) is 8.66. The number of aliphatic hydroxyl groups is 1. The van der Waals surface area contributed by atoms with Gasteiger partial charge in [-0.25, -0.2) is 0 Å². The third kappa shape index (κ3) is 3.49. The number of ether oxygens (including phenoxy) is 1. The smallest absolute Gasteiger partial charge is 0.125 e. The zero-order valence-corrected chi connectivity index (χ0v) is 11.5. The first-order valence-corrected chi connectivity index (χ1v) is 7.12. The van der Waals surface area contributed by atoms with Crippen molar-refractivity contribution in [2.24, 2.45) is 0 Å². The topological polar surface area (TPSA) is 29.5 Å². The van der Waals surface area contributed by atoms with Crippen LogP contribution in [0.5, 0.6) is 5.75 Å². The summed E-state index contributed by atoms with van der Waals surface area (Å²) in [7, 11) is 0. The van der Waals surface area contributed by atoms with Crippen LogP contribution < -0.4 is 4.74 Å². The van der Waals surface area contributed by atoms with Crippen LogP contribution in [0.15, 0.2) is 18.2 Å². The van der Waals surface area contributed by atoms with Gasteiger partial charge in [0, 0.05) is 5.56 Å². The Balaban J connectivity index is 2.13. The Labute approximate surface area is 110 Å². The monoisotopic (exact) mass is 248 g/mol. The Morgan fingerprint density at radius 2 is 1.83 bits per heavy atom. The van der Waals surface area contributed by atoms with E-state index in [9.17, 15) is 5.11 Å². The van der Waals surface area contributed by atoms with Gasteiger partial charge in [0.1, 0.15) is 5.75 Å². The third-order valence-electron chi connectivity index (χ3n) is 3.71. The SMILES string of the molecule is Cc1ccc([C@@H](C)O)c(OC2CCCCCC2)c1. The molecule has 1 atom stereocenters. The van der Waals surface area contributed by atoms with Crippen molar-refractivity contribution in [2.45, 2.75) is 64.6 Å². The summed E-state index contributed by atoms with van der Waals surface area (Å²) in [5.74, 6) is 0.872. The highest BCUT2D eigenvalue weighted by Gasteiger charge is 2.17. The van der Waals surface area contributed by atoms with E-state index < -0.39 is 6.10 Å². The lowest BCUT2D eigenvalue weighted by atomic mass is 10.1. The van der Waals surface area contributed by atoms with E-state index in [0.717, 1.165) is 24.2 Å². The van der Waals surface area contributed by atoms with Gasteiger partial charge in [-0.2, -0.15) is 0 Å². The molecule has 0 spiro atoms. The zero-order valence-electron chi connectivity index (χ0n) is 11.5. The molecule has 0 aromatic heterocycles. The van der Waals surface area contributed by atoms with Crippen molar-refractivity contribution in [2.75, 3.05) is 0 Å². The summed E-state index contributed by atoms with van der Waals surface area (Å²) in [4.78, 5) is 0. The summed E-state index contributed by atoms with van der Waals surface area (Å²) in [5, 5.41) is 9.80. The van der Waals surface area contributed by atoms with Crippen molar-refractivity contribution < 1.29 is 9.84 Å². The standard InChI is InChI=1S/C16H24O2/c1-12-9-10-15(13(2)17)16(11-12)18-14-7-5-3-4-6-8-14/h9-11,13-14,17H,3-8H2,1-2H3/t13-/m1/s1. The van der Waals surface area contributed by atoms with E-state index in [4.69, 9.17) is 4.74 Å². The summed E-state index contributed by atoms with van der Waals surface area (Å²) in [5.41, 5.74) is 2.09. The molecule has 0 amide bonds. The van der Waals surface area contributed by atoms with Crippen LogP contribution in [0.25, 0.3) is 0 Å². The summed E-state index contributed by atoms with van der Waals surface area (Å²) in [6, 6.07) is 6.06. The molecule has 0 bridgehead atoms. The minimum Gasteiger partial charge on any atom is -0.490 e. The number of hydrogen-bond donors (Lipinski definition) is 1. The number of hydrogen-bond acceptors (Lipinski definition) is 2. The molecule has 1 fully saturated rings. The van der Waals surface area contributed by atoms with Crippen molar-refractivity contribution in [3.8, 4) is 5.75 Å². The van der Waals surface area contributed by atoms with E-state index in [1.54, 1.807) is 6.92 Å². The predicted molar refractivity (Wildman–Crippen MR) is 73.9 cm³/mol. The first-order valence-electron chi connectivity index (χ1n) is 7.12. The van der Waals surface area contributed by atoms with E-state index in [2.05, 4.69) is 6.92 Å². The maximum Gasteiger partial charge on any atom is 0.125 e. The summed E-state index contributed by atoms with van der Waals surface area (Å²) in [6.45, 7) is 3.86. The highest BCUT2D eigenvalue weighted by Crippen LogP contribution is 2.30. The molecule has 0 heterocycles. The van der Waals surface area contributed by atoms with Gasteiger partial charge < -0.3 is 9.84 Å². The highest BCUT2D eigenvalue weighted by molar-refractivity contribution is 5.38. The number of rotatable bonds is 3. The van der Waals surface area contributed by atoms with Crippen LogP contribution in [-0.2, 0) is 0 Å². The molecule has 1 aliphatic rings. The highest BCUT2D eigenvalue weighted by atomic mass is 16.5. The quantitative estimate of drug-likeness (QED) is 0.814. The van der Waals surface area contributed by atoms with Gasteiger partial charge in [0.05, 0.1) is 12.2 Å². The second kappa shape index (κ2) is 6.24. The molecule has 1 saturated carbocycles. The molecule has 0 unspecified atom stereocenters. The van der Waals surface area contributed by atoms with E-state index in [0.29, 0.717) is 6.10 Å². The van der Waals surface area contributed by atoms with Gasteiger partial charge in [-0.15, -0.1) is 0 Å². The molecule has 0 radical (unpaired) electrons. The average molecular weight is 248 g/mol. The van der Waals surface area contributed by atoms with Gasteiger partial charge in [-0.3, -0.25) is 0 Å². The van der Waals surface area contributed by atoms with Gasteiger partial charge >= 0.3 is 0 Å². The van der Waals surface area contributed by atoms with Crippen LogP contribution in [0, 0.1) is 6.92 Å². The fourth-order valence-corrected chi connectivity index (χ4v) is 2.63. The lowest BCUT2D eigenvalue weighted by Crippen LogP contribution is -2.16. The van der Waals surface area contributed by atoms with Gasteiger partial charge in [0.15, 0.2) is 0 Å². The van der Waals surface area contributed by atoms with Crippen LogP contribution in [0.1, 0.15) is 62.7 Å². The van der Waals surface area contributed by atoms with Crippen LogP contribution >= 0.6 is 0 Å². The van der Waals surface area contributed by atoms with Gasteiger partial charge in [0.2, 0.25) is 0 Å². The summed E-state index contributed by atoms with van der Waals surface area (Å²) >= 11 is 0. The average Bonchev–Trinajstić information content (AvgIpc) is 2.57. The molecule has 0 saturated heterocycles. The van der Waals surface area contributed by atoms with Gasteiger partial charge in [0.25, 0.3) is 0 Å². The minimum atomic E-state index is -0.466. The fraction of sp³-hybridized carbons (Fsp3) is 0.625. The largest absolute Gasteiger partial charge is 0.490 e. The molecule has 1 aromatic carbocycles. The fourth-order valence-electron chi connectivity index (χ4n) is 2.63. The van der Waals surface area contributed by atoms with Crippen molar-refractivity contribution in [3.63, 3.8) is 0 Å². The Hall–Kier alpha value is -1.02. The summed E-state index contributed by atoms with van der Waals surface area (Å²) in [6.07, 6.45) is 7.34. The van der Waals surface area contributed by atoms with Crippen LogP contribution in [0.4, 0.5) is 0 Å². The predicted octanol–water partition coefficient (Wildman–Crippen LogP) is 4.15. The molecule has 0 aliphatic heterocycles. The molecule has 1 aromatic rings. The maximum atomic E-state index is 9.80. The molecule has 1 N–H and O–H groups in total. The molecule has 1 aliphatic carbocycles. The number of benzene rings is 1. The number of aliphatic hydroxyl groups excluding tert-OH is 1. The zero-order chi connectivity index (χ0) is 13.0. The van der Waals surface area contributed by atoms with E-state index in [-0.39, 0.29) is 0 Å². The van der Waals surface area contributed by atoms with E-state index in [1.165, 1.54) is 31.2 Å². The second-order valence-corrected chi connectivity index (χ2v) is 5.45. The first kappa shape index (κ1) is 13.4. The normalized spacial score (nSPS) is 19.3. The lowest BCUT2D eigenvalue weighted by Gasteiger charge is -2.21. The summed E-state index contributed by atoms with van der Waals surface area (Å²) < 4.78 is 6.15. The van der Waals surface area contributed by atoms with Crippen LogP contribution in [-0.4, -0.2) is 11.2 Å². The maximum absolute atomic E-state index is 9.80. The molecule has 2 nitrogen and oxygen atoms in total. The lowest BCUT2D eigenvalue weighted by molar-refractivity contribution is 0.161. The molecule has 2 heteroatoms. The molecular formula is C16H24O2. The van der Waals surface area contributed by atoms with Crippen molar-refractivity contribution in [3.05, 3.63) is 29.3 Å². The van der Waals surface area contributed by atoms with Crippen molar-refractivity contribution >= 4 is 0 Å². The van der Waals surface area contributed by atoms with Crippen LogP contribution in [0.3, 0.4) is 0 Å². The van der Waals surface area contributed by atoms with E-state index in [1.807, 2.05) is 18.2 Å². The van der Waals surface area contributed by atoms with Gasteiger partial charge in [-0.05, 0) is 51.2 Å². The Morgan fingerprint density at radius 1 is 1.17 bits per heavy atom. The molecule has 100 valence electrons. The van der Waals surface area contributed by atoms with Crippen molar-refractivity contribution in [1.29, 1.82) is 0 Å². The second-order valence-electron chi connectivity index (χ2n) is 5.45. The van der Waals surface area contributed by atoms with E-state index >= 15 is 0 Å².